The lowest BCUT2D eigenvalue weighted by Gasteiger charge is -2.19. The number of halogens is 5. The minimum absolute atomic E-state index is 0.0303. The number of thioether (sulfide) groups is 1. The topological polar surface area (TPSA) is 81.1 Å². The van der Waals surface area contributed by atoms with E-state index in [0.29, 0.717) is 21.0 Å². The van der Waals surface area contributed by atoms with Crippen molar-refractivity contribution in [2.45, 2.75) is 54.3 Å². The highest BCUT2D eigenvalue weighted by molar-refractivity contribution is 8.01. The van der Waals surface area contributed by atoms with Crippen LogP contribution in [0.2, 0.25) is 0 Å². The van der Waals surface area contributed by atoms with Crippen LogP contribution < -0.4 is 10.4 Å². The Morgan fingerprint density at radius 2 is 1.57 bits per heavy atom. The summed E-state index contributed by atoms with van der Waals surface area (Å²) in [6, 6.07) is 19.6. The van der Waals surface area contributed by atoms with Crippen molar-refractivity contribution in [2.75, 3.05) is 10.5 Å². The van der Waals surface area contributed by atoms with Gasteiger partial charge in [-0.3, -0.25) is 9.29 Å². The molecule has 0 saturated heterocycles. The summed E-state index contributed by atoms with van der Waals surface area (Å²) in [6.07, 6.45) is -7.27. The van der Waals surface area contributed by atoms with Crippen molar-refractivity contribution in [3.8, 4) is 16.8 Å². The summed E-state index contributed by atoms with van der Waals surface area (Å²) in [6.45, 7) is 3.45. The number of hydrogen-bond donors (Lipinski definition) is 1. The Balaban J connectivity index is 1.47. The van der Waals surface area contributed by atoms with Crippen molar-refractivity contribution in [3.05, 3.63) is 87.8 Å². The van der Waals surface area contributed by atoms with Crippen LogP contribution in [0.3, 0.4) is 0 Å². The van der Waals surface area contributed by atoms with Gasteiger partial charge in [-0.1, -0.05) is 60.7 Å². The van der Waals surface area contributed by atoms with Crippen molar-refractivity contribution in [2.24, 2.45) is 0 Å². The van der Waals surface area contributed by atoms with Gasteiger partial charge in [0.05, 0.1) is 9.10 Å². The largest absolute Gasteiger partial charge is 0.453 e. The molecule has 0 spiro atoms. The van der Waals surface area contributed by atoms with Crippen molar-refractivity contribution >= 4 is 49.7 Å². The molecule has 1 N–H and O–H groups in total. The van der Waals surface area contributed by atoms with Gasteiger partial charge >= 0.3 is 17.8 Å². The molecule has 5 rings (SSSR count). The lowest BCUT2D eigenvalue weighted by Crippen LogP contribution is -2.36. The average molecular weight is 668 g/mol. The van der Waals surface area contributed by atoms with Gasteiger partial charge in [0.15, 0.2) is 5.82 Å². The molecule has 0 fully saturated rings. The van der Waals surface area contributed by atoms with E-state index in [9.17, 15) is 35.2 Å². The Kier molecular flexibility index (Phi) is 8.80. The lowest BCUT2D eigenvalue weighted by atomic mass is 9.98. The number of anilines is 1. The van der Waals surface area contributed by atoms with Gasteiger partial charge in [0.1, 0.15) is 5.69 Å². The number of rotatable bonds is 10. The predicted molar refractivity (Wildman–Crippen MR) is 164 cm³/mol. The molecule has 3 aromatic carbocycles. The molecule has 0 bridgehead atoms. The van der Waals surface area contributed by atoms with Crippen LogP contribution in [0, 0.1) is 13.8 Å². The highest BCUT2D eigenvalue weighted by Crippen LogP contribution is 2.42. The minimum atomic E-state index is -5.61. The number of sulfonamides is 1. The number of hydrogen-bond acceptors (Lipinski definition) is 6. The zero-order valence-corrected chi connectivity index (χ0v) is 25.9. The third-order valence-electron chi connectivity index (χ3n) is 7.15. The predicted octanol–water partition coefficient (Wildman–Crippen LogP) is 8.43. The molecular weight excluding hydrogens is 642 g/mol. The van der Waals surface area contributed by atoms with Gasteiger partial charge in [-0.2, -0.15) is 26.9 Å². The number of unbranched alkanes of at least 4 members (excludes halogenated alkanes) is 1. The Morgan fingerprint density at radius 1 is 0.909 bits per heavy atom. The zero-order chi connectivity index (χ0) is 31.9. The summed E-state index contributed by atoms with van der Waals surface area (Å²) in [5, 5.41) is 1.78. The molecule has 3 aromatic rings. The Hall–Kier alpha value is -3.49. The molecule has 2 heterocycles. The number of nitrogens with one attached hydrogen (secondary N) is 1. The molecule has 2 aliphatic rings. The van der Waals surface area contributed by atoms with E-state index in [1.165, 1.54) is 22.0 Å². The second-order valence-electron chi connectivity index (χ2n) is 10.1. The molecule has 232 valence electrons. The zero-order valence-electron chi connectivity index (χ0n) is 23.4. The first-order chi connectivity index (χ1) is 20.7. The summed E-state index contributed by atoms with van der Waals surface area (Å²) >= 11 is 2.39. The van der Waals surface area contributed by atoms with Crippen molar-refractivity contribution < 1.29 is 30.4 Å². The Labute approximate surface area is 258 Å². The number of aryl methyl sites for hydroxylation is 1. The molecule has 44 heavy (non-hydrogen) atoms. The van der Waals surface area contributed by atoms with Crippen molar-refractivity contribution in [1.29, 1.82) is 0 Å². The first-order valence-corrected chi connectivity index (χ1v) is 16.7. The molecule has 0 aromatic heterocycles. The monoisotopic (exact) mass is 667 g/mol. The van der Waals surface area contributed by atoms with E-state index >= 15 is 0 Å². The van der Waals surface area contributed by atoms with Gasteiger partial charge in [0, 0.05) is 22.6 Å². The lowest BCUT2D eigenvalue weighted by molar-refractivity contribution is -0.284. The Morgan fingerprint density at radius 3 is 2.32 bits per heavy atom. The number of imidazole rings is 1. The van der Waals surface area contributed by atoms with Crippen LogP contribution in [-0.4, -0.2) is 35.8 Å². The maximum atomic E-state index is 13.9. The van der Waals surface area contributed by atoms with E-state index in [1.807, 2.05) is 42.5 Å². The fraction of sp³-hybridized carbons (Fsp3) is 0.267. The van der Waals surface area contributed by atoms with Gasteiger partial charge in [0.25, 0.3) is 10.0 Å². The van der Waals surface area contributed by atoms with E-state index in [1.54, 1.807) is 32.0 Å². The summed E-state index contributed by atoms with van der Waals surface area (Å²) in [5.74, 6) is -4.81. The fourth-order valence-electron chi connectivity index (χ4n) is 4.81. The van der Waals surface area contributed by atoms with Crippen LogP contribution in [0.4, 0.5) is 27.8 Å². The highest BCUT2D eigenvalue weighted by Gasteiger charge is 2.56. The fourth-order valence-corrected chi connectivity index (χ4v) is 8.56. The normalized spacial score (nSPS) is 12.7. The van der Waals surface area contributed by atoms with Crippen molar-refractivity contribution in [3.63, 3.8) is 0 Å². The summed E-state index contributed by atoms with van der Waals surface area (Å²) < 4.78 is 96.2. The van der Waals surface area contributed by atoms with Gasteiger partial charge in [-0.15, -0.1) is 23.1 Å². The van der Waals surface area contributed by atoms with Gasteiger partial charge in [-0.25, -0.2) is 13.2 Å². The second kappa shape index (κ2) is 12.1. The third-order valence-corrected chi connectivity index (χ3v) is 11.1. The smallest absolute Gasteiger partial charge is 0.261 e. The molecule has 0 amide bonds. The first kappa shape index (κ1) is 31.9. The van der Waals surface area contributed by atoms with Crippen LogP contribution in [0.5, 0.6) is 0 Å². The first-order valence-electron chi connectivity index (χ1n) is 13.4. The van der Waals surface area contributed by atoms with Gasteiger partial charge in [-0.05, 0) is 54.8 Å². The number of alkyl halides is 5. The molecule has 0 unspecified atom stereocenters. The summed E-state index contributed by atoms with van der Waals surface area (Å²) in [4.78, 5) is 17.7. The molecule has 0 aliphatic carbocycles. The number of fused-ring (bicyclic) bond motifs is 2. The molecule has 0 saturated carbocycles. The molecule has 0 radical (unpaired) electrons. The standard InChI is InChI=1S/C30H26F5N3O3S3/c1-18-19(2)43-27(42-17-8-7-16-29(31,32)30(33,34)35)25-26(36-28(39)38(18)25)37-44(40,41)24-15-6-5-13-23(24)22-14-9-11-20-10-3-4-12-21(20)22/h3-6,9-15H,7-8,16-17H2,1-2H3,(H,36,37,39). The maximum absolute atomic E-state index is 13.9. The van der Waals surface area contributed by atoms with E-state index in [4.69, 9.17) is 0 Å². The summed E-state index contributed by atoms with van der Waals surface area (Å²) in [5.41, 5.74) is 1.17. The molecule has 14 heteroatoms. The molecule has 2 aliphatic heterocycles. The van der Waals surface area contributed by atoms with E-state index in [-0.39, 0.29) is 35.0 Å². The number of aromatic nitrogens is 2. The van der Waals surface area contributed by atoms with Crippen LogP contribution >= 0.6 is 23.1 Å². The quantitative estimate of drug-likeness (QED) is 0.0919. The number of nitrogens with zero attached hydrogens (tertiary/aromatic N) is 2. The molecule has 0 atom stereocenters. The Bertz CT molecular complexity index is 1970. The minimum Gasteiger partial charge on any atom is -0.261 e. The third kappa shape index (κ3) is 6.20. The van der Waals surface area contributed by atoms with Crippen LogP contribution in [0.25, 0.3) is 27.6 Å². The van der Waals surface area contributed by atoms with Crippen LogP contribution in [0.15, 0.2) is 80.6 Å². The second-order valence-corrected chi connectivity index (χ2v) is 14.3. The maximum Gasteiger partial charge on any atom is 0.453 e. The van der Waals surface area contributed by atoms with Gasteiger partial charge in [0.2, 0.25) is 0 Å². The highest BCUT2D eigenvalue weighted by atomic mass is 32.2. The summed E-state index contributed by atoms with van der Waals surface area (Å²) in [7, 11) is -4.30. The molecule has 6 nitrogen and oxygen atoms in total. The number of benzene rings is 3. The van der Waals surface area contributed by atoms with E-state index < -0.39 is 34.2 Å². The SMILES string of the molecule is Cc1sc(SCCCCC(F)(F)C(F)(F)F)c2c(NS(=O)(=O)c3ccccc3-c3cccc4ccccc34)nc(=O)n-2c1C. The van der Waals surface area contributed by atoms with Crippen LogP contribution in [-0.2, 0) is 10.0 Å². The van der Waals surface area contributed by atoms with E-state index in [0.717, 1.165) is 27.4 Å². The average Bonchev–Trinajstić information content (AvgIpc) is 3.29. The van der Waals surface area contributed by atoms with E-state index in [2.05, 4.69) is 9.71 Å². The van der Waals surface area contributed by atoms with Crippen molar-refractivity contribution in [1.82, 2.24) is 9.55 Å². The van der Waals surface area contributed by atoms with Crippen LogP contribution in [0.1, 0.15) is 29.8 Å². The molecular formula is C30H26F5N3O3S3. The van der Waals surface area contributed by atoms with Gasteiger partial charge < -0.3 is 0 Å².